The quantitative estimate of drug-likeness (QED) is 0.934. The van der Waals surface area contributed by atoms with E-state index >= 15 is 0 Å². The number of nitrogens with one attached hydrogen (secondary N) is 1. The van der Waals surface area contributed by atoms with Crippen molar-refractivity contribution in [2.75, 3.05) is 18.0 Å². The summed E-state index contributed by atoms with van der Waals surface area (Å²) in [6, 6.07) is 10.4. The number of nitrogens with zero attached hydrogens (tertiary/aromatic N) is 2. The van der Waals surface area contributed by atoms with Crippen LogP contribution in [0.15, 0.2) is 42.7 Å². The summed E-state index contributed by atoms with van der Waals surface area (Å²) in [6.07, 6.45) is 4.05. The van der Waals surface area contributed by atoms with Gasteiger partial charge in [-0.1, -0.05) is 25.1 Å². The number of benzene rings is 1. The van der Waals surface area contributed by atoms with Gasteiger partial charge in [0.2, 0.25) is 0 Å². The Hall–Kier alpha value is -1.94. The molecule has 2 heterocycles. The van der Waals surface area contributed by atoms with Crippen LogP contribution in [0.2, 0.25) is 0 Å². The molecule has 0 fully saturated rings. The summed E-state index contributed by atoms with van der Waals surface area (Å²) in [7, 11) is 0. The van der Waals surface area contributed by atoms with Gasteiger partial charge in [0.15, 0.2) is 0 Å². The molecule has 2 aromatic rings. The molecule has 1 N–H and O–H groups in total. The summed E-state index contributed by atoms with van der Waals surface area (Å²) in [5.74, 6) is -0.275. The fraction of sp³-hybridized carbons (Fsp3) is 0.353. The van der Waals surface area contributed by atoms with Crippen molar-refractivity contribution in [2.24, 2.45) is 0 Å². The van der Waals surface area contributed by atoms with E-state index in [0.29, 0.717) is 12.6 Å². The third-order valence-corrected chi connectivity index (χ3v) is 3.93. The van der Waals surface area contributed by atoms with Gasteiger partial charge in [0.25, 0.3) is 0 Å². The fourth-order valence-electron chi connectivity index (χ4n) is 3.02. The number of aromatic nitrogens is 1. The highest BCUT2D eigenvalue weighted by molar-refractivity contribution is 5.57. The lowest BCUT2D eigenvalue weighted by atomic mass is 9.96. The van der Waals surface area contributed by atoms with Crippen LogP contribution in [0.25, 0.3) is 0 Å². The number of anilines is 1. The molecular weight excluding hydrogens is 265 g/mol. The van der Waals surface area contributed by atoms with Gasteiger partial charge in [-0.25, -0.2) is 4.39 Å². The Morgan fingerprint density at radius 3 is 3.00 bits per heavy atom. The first-order chi connectivity index (χ1) is 10.3. The van der Waals surface area contributed by atoms with Crippen molar-refractivity contribution < 1.29 is 4.39 Å². The van der Waals surface area contributed by atoms with Gasteiger partial charge in [-0.05, 0) is 36.2 Å². The Balaban J connectivity index is 1.85. The fourth-order valence-corrected chi connectivity index (χ4v) is 3.02. The van der Waals surface area contributed by atoms with Crippen LogP contribution in [-0.2, 0) is 6.54 Å². The van der Waals surface area contributed by atoms with Gasteiger partial charge >= 0.3 is 0 Å². The minimum Gasteiger partial charge on any atom is -0.367 e. The Morgan fingerprint density at radius 1 is 1.33 bits per heavy atom. The first kappa shape index (κ1) is 14.0. The van der Waals surface area contributed by atoms with Gasteiger partial charge in [-0.3, -0.25) is 4.98 Å². The van der Waals surface area contributed by atoms with E-state index in [4.69, 9.17) is 0 Å². The molecule has 0 spiro atoms. The van der Waals surface area contributed by atoms with Crippen molar-refractivity contribution in [1.82, 2.24) is 10.3 Å². The lowest BCUT2D eigenvalue weighted by Crippen LogP contribution is -2.35. The number of halogens is 1. The molecule has 1 aliphatic heterocycles. The zero-order valence-corrected chi connectivity index (χ0v) is 12.2. The van der Waals surface area contributed by atoms with E-state index in [1.807, 2.05) is 0 Å². The SMILES string of the molecule is CCNC1CCN(Cc2cncc(F)c2)c2ccccc21. The lowest BCUT2D eigenvalue weighted by Gasteiger charge is -2.36. The van der Waals surface area contributed by atoms with Crippen molar-refractivity contribution >= 4 is 5.69 Å². The molecule has 1 atom stereocenters. The van der Waals surface area contributed by atoms with Crippen LogP contribution in [0.5, 0.6) is 0 Å². The van der Waals surface area contributed by atoms with Crippen LogP contribution < -0.4 is 10.2 Å². The van der Waals surface area contributed by atoms with E-state index in [-0.39, 0.29) is 5.82 Å². The maximum absolute atomic E-state index is 13.3. The molecule has 0 amide bonds. The molecule has 21 heavy (non-hydrogen) atoms. The van der Waals surface area contributed by atoms with E-state index in [2.05, 4.69) is 46.4 Å². The van der Waals surface area contributed by atoms with E-state index in [1.165, 1.54) is 17.4 Å². The van der Waals surface area contributed by atoms with Crippen LogP contribution in [0.4, 0.5) is 10.1 Å². The zero-order chi connectivity index (χ0) is 14.7. The van der Waals surface area contributed by atoms with Crippen LogP contribution in [0.1, 0.15) is 30.5 Å². The molecule has 0 bridgehead atoms. The summed E-state index contributed by atoms with van der Waals surface area (Å²) < 4.78 is 13.3. The zero-order valence-electron chi connectivity index (χ0n) is 12.2. The number of hydrogen-bond acceptors (Lipinski definition) is 3. The van der Waals surface area contributed by atoms with Crippen molar-refractivity contribution in [2.45, 2.75) is 25.9 Å². The second-order valence-electron chi connectivity index (χ2n) is 5.39. The Labute approximate surface area is 124 Å². The number of rotatable bonds is 4. The Bertz CT molecular complexity index is 614. The number of hydrogen-bond donors (Lipinski definition) is 1. The average molecular weight is 285 g/mol. The monoisotopic (exact) mass is 285 g/mol. The molecule has 1 aliphatic rings. The molecule has 0 saturated heterocycles. The molecule has 4 heteroatoms. The molecular formula is C17H20FN3. The van der Waals surface area contributed by atoms with Crippen LogP contribution in [0, 0.1) is 5.82 Å². The van der Waals surface area contributed by atoms with E-state index < -0.39 is 0 Å². The van der Waals surface area contributed by atoms with E-state index in [1.54, 1.807) is 12.3 Å². The van der Waals surface area contributed by atoms with Gasteiger partial charge in [-0.2, -0.15) is 0 Å². The molecule has 3 nitrogen and oxygen atoms in total. The maximum atomic E-state index is 13.3. The highest BCUT2D eigenvalue weighted by Crippen LogP contribution is 2.34. The molecule has 3 rings (SSSR count). The second kappa shape index (κ2) is 6.22. The number of pyridine rings is 1. The first-order valence-corrected chi connectivity index (χ1v) is 7.44. The van der Waals surface area contributed by atoms with E-state index in [0.717, 1.165) is 25.1 Å². The van der Waals surface area contributed by atoms with Crippen molar-refractivity contribution in [1.29, 1.82) is 0 Å². The molecule has 1 unspecified atom stereocenters. The van der Waals surface area contributed by atoms with Crippen LogP contribution >= 0.6 is 0 Å². The van der Waals surface area contributed by atoms with Crippen LogP contribution in [0.3, 0.4) is 0 Å². The number of para-hydroxylation sites is 1. The number of fused-ring (bicyclic) bond motifs is 1. The first-order valence-electron chi connectivity index (χ1n) is 7.44. The van der Waals surface area contributed by atoms with Crippen LogP contribution in [-0.4, -0.2) is 18.1 Å². The summed E-state index contributed by atoms with van der Waals surface area (Å²) in [5.41, 5.74) is 3.47. The normalized spacial score (nSPS) is 17.6. The molecule has 0 radical (unpaired) electrons. The molecule has 110 valence electrons. The van der Waals surface area contributed by atoms with Gasteiger partial charge in [0, 0.05) is 31.0 Å². The standard InChI is InChI=1S/C17H20FN3/c1-2-20-16-7-8-21(17-6-4-3-5-15(16)17)12-13-9-14(18)11-19-10-13/h3-6,9-11,16,20H,2,7-8,12H2,1H3. The van der Waals surface area contributed by atoms with Crippen molar-refractivity contribution in [3.8, 4) is 0 Å². The highest BCUT2D eigenvalue weighted by atomic mass is 19.1. The topological polar surface area (TPSA) is 28.2 Å². The highest BCUT2D eigenvalue weighted by Gasteiger charge is 2.24. The van der Waals surface area contributed by atoms with Gasteiger partial charge in [0.05, 0.1) is 6.20 Å². The molecule has 1 aromatic heterocycles. The summed E-state index contributed by atoms with van der Waals surface area (Å²) in [6.45, 7) is 4.76. The summed E-state index contributed by atoms with van der Waals surface area (Å²) >= 11 is 0. The van der Waals surface area contributed by atoms with Gasteiger partial charge in [0.1, 0.15) is 5.82 Å². The van der Waals surface area contributed by atoms with E-state index in [9.17, 15) is 4.39 Å². The second-order valence-corrected chi connectivity index (χ2v) is 5.39. The molecule has 1 aromatic carbocycles. The van der Waals surface area contributed by atoms with Gasteiger partial charge < -0.3 is 10.2 Å². The third-order valence-electron chi connectivity index (χ3n) is 3.93. The molecule has 0 saturated carbocycles. The predicted molar refractivity (Wildman–Crippen MR) is 82.7 cm³/mol. The van der Waals surface area contributed by atoms with Crippen molar-refractivity contribution in [3.63, 3.8) is 0 Å². The summed E-state index contributed by atoms with van der Waals surface area (Å²) in [4.78, 5) is 6.24. The van der Waals surface area contributed by atoms with Crippen molar-refractivity contribution in [3.05, 3.63) is 59.7 Å². The Kier molecular flexibility index (Phi) is 4.15. The third kappa shape index (κ3) is 3.05. The largest absolute Gasteiger partial charge is 0.367 e. The summed E-state index contributed by atoms with van der Waals surface area (Å²) in [5, 5.41) is 3.54. The smallest absolute Gasteiger partial charge is 0.141 e. The Morgan fingerprint density at radius 2 is 2.19 bits per heavy atom. The average Bonchev–Trinajstić information content (AvgIpc) is 2.50. The minimum atomic E-state index is -0.275. The maximum Gasteiger partial charge on any atom is 0.141 e. The predicted octanol–water partition coefficient (Wildman–Crippen LogP) is 3.28. The minimum absolute atomic E-state index is 0.275. The lowest BCUT2D eigenvalue weighted by molar-refractivity contribution is 0.489. The van der Waals surface area contributed by atoms with Gasteiger partial charge in [-0.15, -0.1) is 0 Å². The molecule has 0 aliphatic carbocycles.